The number of anilines is 1. The van der Waals surface area contributed by atoms with Gasteiger partial charge in [0.05, 0.1) is 19.8 Å². The van der Waals surface area contributed by atoms with E-state index in [1.54, 1.807) is 43.5 Å². The molecular formula is C15H14BrNO3. The lowest BCUT2D eigenvalue weighted by Crippen LogP contribution is -2.05. The molecule has 0 fully saturated rings. The molecule has 0 aliphatic carbocycles. The average Bonchev–Trinajstić information content (AvgIpc) is 2.48. The van der Waals surface area contributed by atoms with E-state index in [0.717, 1.165) is 0 Å². The van der Waals surface area contributed by atoms with Crippen molar-refractivity contribution in [3.8, 4) is 11.5 Å². The van der Waals surface area contributed by atoms with E-state index in [9.17, 15) is 4.79 Å². The Bertz CT molecular complexity index is 656. The molecule has 4 nitrogen and oxygen atoms in total. The number of hydrogen-bond donors (Lipinski definition) is 1. The van der Waals surface area contributed by atoms with Gasteiger partial charge in [-0.25, -0.2) is 0 Å². The zero-order chi connectivity index (χ0) is 14.7. The van der Waals surface area contributed by atoms with Crippen molar-refractivity contribution < 1.29 is 14.3 Å². The SMILES string of the molecule is COc1ccc(C(=O)c2ccc(N)c(Br)c2)c(OC)c1. The van der Waals surface area contributed by atoms with Crippen molar-refractivity contribution in [2.45, 2.75) is 0 Å². The van der Waals surface area contributed by atoms with Gasteiger partial charge in [-0.3, -0.25) is 4.79 Å². The number of ketones is 1. The Morgan fingerprint density at radius 3 is 2.45 bits per heavy atom. The number of hydrogen-bond acceptors (Lipinski definition) is 4. The molecule has 0 radical (unpaired) electrons. The summed E-state index contributed by atoms with van der Waals surface area (Å²) < 4.78 is 11.1. The van der Waals surface area contributed by atoms with E-state index in [1.807, 2.05) is 0 Å². The highest BCUT2D eigenvalue weighted by atomic mass is 79.9. The van der Waals surface area contributed by atoms with E-state index in [4.69, 9.17) is 15.2 Å². The van der Waals surface area contributed by atoms with Crippen LogP contribution in [-0.4, -0.2) is 20.0 Å². The smallest absolute Gasteiger partial charge is 0.196 e. The summed E-state index contributed by atoms with van der Waals surface area (Å²) in [6, 6.07) is 10.2. The number of halogens is 1. The third kappa shape index (κ3) is 2.77. The topological polar surface area (TPSA) is 61.5 Å². The second-order valence-electron chi connectivity index (χ2n) is 4.13. The molecule has 2 aromatic rings. The Balaban J connectivity index is 2.44. The molecule has 0 heterocycles. The second kappa shape index (κ2) is 5.96. The number of carbonyl (C=O) groups is 1. The molecule has 0 aliphatic heterocycles. The molecule has 2 N–H and O–H groups in total. The lowest BCUT2D eigenvalue weighted by Gasteiger charge is -2.10. The molecule has 2 aromatic carbocycles. The van der Waals surface area contributed by atoms with Gasteiger partial charge in [-0.2, -0.15) is 0 Å². The molecule has 0 aromatic heterocycles. The summed E-state index contributed by atoms with van der Waals surface area (Å²) in [5.41, 5.74) is 7.32. The highest BCUT2D eigenvalue weighted by Crippen LogP contribution is 2.28. The summed E-state index contributed by atoms with van der Waals surface area (Å²) in [5, 5.41) is 0. The molecule has 0 atom stereocenters. The molecule has 0 bridgehead atoms. The van der Waals surface area contributed by atoms with Crippen molar-refractivity contribution in [2.75, 3.05) is 20.0 Å². The van der Waals surface area contributed by atoms with Crippen LogP contribution in [0.5, 0.6) is 11.5 Å². The van der Waals surface area contributed by atoms with E-state index in [1.165, 1.54) is 7.11 Å². The van der Waals surface area contributed by atoms with Crippen molar-refractivity contribution in [3.05, 3.63) is 52.0 Å². The van der Waals surface area contributed by atoms with Crippen molar-refractivity contribution in [1.82, 2.24) is 0 Å². The average molecular weight is 336 g/mol. The van der Waals surface area contributed by atoms with E-state index in [-0.39, 0.29) is 5.78 Å². The number of methoxy groups -OCH3 is 2. The van der Waals surface area contributed by atoms with Gasteiger partial charge in [-0.1, -0.05) is 0 Å². The fourth-order valence-electron chi connectivity index (χ4n) is 1.81. The largest absolute Gasteiger partial charge is 0.497 e. The molecule has 0 unspecified atom stereocenters. The minimum absolute atomic E-state index is 0.134. The molecule has 0 amide bonds. The van der Waals surface area contributed by atoms with E-state index in [2.05, 4.69) is 15.9 Å². The number of carbonyl (C=O) groups excluding carboxylic acids is 1. The summed E-state index contributed by atoms with van der Waals surface area (Å²) in [6.45, 7) is 0. The number of rotatable bonds is 4. The van der Waals surface area contributed by atoms with Crippen LogP contribution in [0, 0.1) is 0 Å². The van der Waals surface area contributed by atoms with Crippen LogP contribution < -0.4 is 15.2 Å². The first-order valence-electron chi connectivity index (χ1n) is 5.88. The van der Waals surface area contributed by atoms with Gasteiger partial charge >= 0.3 is 0 Å². The van der Waals surface area contributed by atoms with Crippen LogP contribution in [0.2, 0.25) is 0 Å². The lowest BCUT2D eigenvalue weighted by atomic mass is 10.0. The fourth-order valence-corrected chi connectivity index (χ4v) is 2.19. The van der Waals surface area contributed by atoms with Crippen molar-refractivity contribution >= 4 is 27.4 Å². The van der Waals surface area contributed by atoms with Crippen LogP contribution in [-0.2, 0) is 0 Å². The zero-order valence-electron chi connectivity index (χ0n) is 11.1. The third-order valence-electron chi connectivity index (χ3n) is 2.92. The number of benzene rings is 2. The van der Waals surface area contributed by atoms with Gasteiger partial charge in [0.15, 0.2) is 5.78 Å². The molecule has 0 saturated heterocycles. The molecule has 0 saturated carbocycles. The summed E-state index contributed by atoms with van der Waals surface area (Å²) in [6.07, 6.45) is 0. The van der Waals surface area contributed by atoms with Crippen LogP contribution in [0.15, 0.2) is 40.9 Å². The van der Waals surface area contributed by atoms with E-state index in [0.29, 0.717) is 32.8 Å². The maximum atomic E-state index is 12.5. The second-order valence-corrected chi connectivity index (χ2v) is 4.99. The first-order valence-corrected chi connectivity index (χ1v) is 6.68. The van der Waals surface area contributed by atoms with Crippen LogP contribution >= 0.6 is 15.9 Å². The molecule has 0 aliphatic rings. The summed E-state index contributed by atoms with van der Waals surface area (Å²) in [5.74, 6) is 0.976. The number of nitrogens with two attached hydrogens (primary N) is 1. The Morgan fingerprint density at radius 1 is 1.10 bits per heavy atom. The molecular weight excluding hydrogens is 322 g/mol. The number of nitrogen functional groups attached to an aromatic ring is 1. The standard InChI is InChI=1S/C15H14BrNO3/c1-19-10-4-5-11(14(8-10)20-2)15(18)9-3-6-13(17)12(16)7-9/h3-8H,17H2,1-2H3. The maximum absolute atomic E-state index is 12.5. The highest BCUT2D eigenvalue weighted by molar-refractivity contribution is 9.10. The van der Waals surface area contributed by atoms with E-state index >= 15 is 0 Å². The van der Waals surface area contributed by atoms with Crippen LogP contribution in [0.3, 0.4) is 0 Å². The molecule has 0 spiro atoms. The first kappa shape index (κ1) is 14.4. The van der Waals surface area contributed by atoms with Crippen molar-refractivity contribution in [2.24, 2.45) is 0 Å². The van der Waals surface area contributed by atoms with Crippen LogP contribution in [0.4, 0.5) is 5.69 Å². The Labute approximate surface area is 125 Å². The summed E-state index contributed by atoms with van der Waals surface area (Å²) in [4.78, 5) is 12.5. The summed E-state index contributed by atoms with van der Waals surface area (Å²) >= 11 is 3.32. The Morgan fingerprint density at radius 2 is 1.85 bits per heavy atom. The highest BCUT2D eigenvalue weighted by Gasteiger charge is 2.16. The first-order chi connectivity index (χ1) is 9.56. The van der Waals surface area contributed by atoms with Crippen LogP contribution in [0.1, 0.15) is 15.9 Å². The Hall–Kier alpha value is -2.01. The predicted molar refractivity (Wildman–Crippen MR) is 81.5 cm³/mol. The lowest BCUT2D eigenvalue weighted by molar-refractivity contribution is 0.103. The van der Waals surface area contributed by atoms with Crippen molar-refractivity contribution in [3.63, 3.8) is 0 Å². The van der Waals surface area contributed by atoms with Gasteiger partial charge in [0, 0.05) is 21.8 Å². The van der Waals surface area contributed by atoms with Gasteiger partial charge in [-0.05, 0) is 46.3 Å². The predicted octanol–water partition coefficient (Wildman–Crippen LogP) is 3.28. The molecule has 5 heteroatoms. The monoisotopic (exact) mass is 335 g/mol. The minimum atomic E-state index is -0.134. The fraction of sp³-hybridized carbons (Fsp3) is 0.133. The van der Waals surface area contributed by atoms with Gasteiger partial charge < -0.3 is 15.2 Å². The number of ether oxygens (including phenoxy) is 2. The van der Waals surface area contributed by atoms with Gasteiger partial charge in [-0.15, -0.1) is 0 Å². The summed E-state index contributed by atoms with van der Waals surface area (Å²) in [7, 11) is 3.08. The quantitative estimate of drug-likeness (QED) is 0.688. The zero-order valence-corrected chi connectivity index (χ0v) is 12.7. The van der Waals surface area contributed by atoms with Crippen molar-refractivity contribution in [1.29, 1.82) is 0 Å². The molecule has 104 valence electrons. The third-order valence-corrected chi connectivity index (χ3v) is 3.60. The van der Waals surface area contributed by atoms with Crippen LogP contribution in [0.25, 0.3) is 0 Å². The minimum Gasteiger partial charge on any atom is -0.497 e. The van der Waals surface area contributed by atoms with Gasteiger partial charge in [0.1, 0.15) is 11.5 Å². The normalized spacial score (nSPS) is 10.2. The van der Waals surface area contributed by atoms with Gasteiger partial charge in [0.25, 0.3) is 0 Å². The molecule has 2 rings (SSSR count). The Kier molecular flexibility index (Phi) is 4.29. The van der Waals surface area contributed by atoms with Gasteiger partial charge in [0.2, 0.25) is 0 Å². The molecule has 20 heavy (non-hydrogen) atoms. The maximum Gasteiger partial charge on any atom is 0.196 e. The van der Waals surface area contributed by atoms with E-state index < -0.39 is 0 Å².